The van der Waals surface area contributed by atoms with Gasteiger partial charge >= 0.3 is 0 Å². The zero-order valence-electron chi connectivity index (χ0n) is 7.95. The van der Waals surface area contributed by atoms with Crippen molar-refractivity contribution in [2.75, 3.05) is 26.3 Å². The number of epoxide rings is 1. The zero-order valence-corrected chi connectivity index (χ0v) is 7.95. The molecule has 3 unspecified atom stereocenters. The summed E-state index contributed by atoms with van der Waals surface area (Å²) >= 11 is 0. The Bertz CT molecular complexity index is 193. The van der Waals surface area contributed by atoms with Crippen molar-refractivity contribution >= 4 is 0 Å². The highest BCUT2D eigenvalue weighted by molar-refractivity contribution is 4.91. The number of fused-ring (bicyclic) bond motifs is 1. The highest BCUT2D eigenvalue weighted by Crippen LogP contribution is 2.30. The van der Waals surface area contributed by atoms with E-state index in [1.54, 1.807) is 0 Å². The second-order valence-electron chi connectivity index (χ2n) is 4.36. The fraction of sp³-hybridized carbons (Fsp3) is 1.00. The molecule has 1 aliphatic carbocycles. The van der Waals surface area contributed by atoms with Gasteiger partial charge in [0.1, 0.15) is 0 Å². The molecule has 2 heterocycles. The topological polar surface area (TPSA) is 25.0 Å². The number of morpholine rings is 1. The molecule has 2 saturated heterocycles. The minimum atomic E-state index is 0.535. The van der Waals surface area contributed by atoms with Gasteiger partial charge < -0.3 is 9.47 Å². The first kappa shape index (κ1) is 8.21. The maximum Gasteiger partial charge on any atom is 0.0936 e. The number of ether oxygens (including phenoxy) is 2. The van der Waals surface area contributed by atoms with Gasteiger partial charge in [0.2, 0.25) is 0 Å². The Kier molecular flexibility index (Phi) is 2.04. The summed E-state index contributed by atoms with van der Waals surface area (Å²) in [7, 11) is 0. The van der Waals surface area contributed by atoms with Gasteiger partial charge in [-0.2, -0.15) is 0 Å². The summed E-state index contributed by atoms with van der Waals surface area (Å²) in [6.45, 7) is 4.16. The summed E-state index contributed by atoms with van der Waals surface area (Å²) in [5.74, 6) is 0. The average molecular weight is 183 g/mol. The number of nitrogens with zero attached hydrogens (tertiary/aromatic N) is 1. The molecule has 3 nitrogen and oxygen atoms in total. The van der Waals surface area contributed by atoms with Crippen LogP contribution in [0.25, 0.3) is 0 Å². The average Bonchev–Trinajstić information content (AvgIpc) is 2.83. The third-order valence-corrected chi connectivity index (χ3v) is 3.44. The van der Waals surface area contributed by atoms with Crippen molar-refractivity contribution in [3.8, 4) is 0 Å². The van der Waals surface area contributed by atoms with Crippen LogP contribution in [0.5, 0.6) is 0 Å². The second-order valence-corrected chi connectivity index (χ2v) is 4.36. The monoisotopic (exact) mass is 183 g/mol. The molecule has 0 bridgehead atoms. The van der Waals surface area contributed by atoms with E-state index in [0.717, 1.165) is 26.3 Å². The summed E-state index contributed by atoms with van der Waals surface area (Å²) in [6, 6.07) is 0.706. The molecule has 2 aliphatic heterocycles. The van der Waals surface area contributed by atoms with Gasteiger partial charge in [-0.3, -0.25) is 4.90 Å². The fourth-order valence-electron chi connectivity index (χ4n) is 2.67. The molecule has 13 heavy (non-hydrogen) atoms. The molecule has 0 N–H and O–H groups in total. The quantitative estimate of drug-likeness (QED) is 0.587. The predicted octanol–water partition coefficient (Wildman–Crippen LogP) is 0.638. The highest BCUT2D eigenvalue weighted by Gasteiger charge is 2.38. The first-order chi connectivity index (χ1) is 6.43. The van der Waals surface area contributed by atoms with Crippen LogP contribution in [-0.4, -0.2) is 49.5 Å². The van der Waals surface area contributed by atoms with Gasteiger partial charge in [0.15, 0.2) is 0 Å². The molecule has 0 aromatic heterocycles. The lowest BCUT2D eigenvalue weighted by Crippen LogP contribution is -2.49. The Morgan fingerprint density at radius 2 is 2.15 bits per heavy atom. The summed E-state index contributed by atoms with van der Waals surface area (Å²) in [6.07, 6.45) is 5.02. The van der Waals surface area contributed by atoms with Crippen LogP contribution >= 0.6 is 0 Å². The van der Waals surface area contributed by atoms with Gasteiger partial charge in [-0.1, -0.05) is 0 Å². The van der Waals surface area contributed by atoms with Gasteiger partial charge in [0.05, 0.1) is 25.4 Å². The SMILES string of the molecule is C1CC2OCCN(CC3CO3)C2C1. The van der Waals surface area contributed by atoms with E-state index in [9.17, 15) is 0 Å². The van der Waals surface area contributed by atoms with E-state index in [-0.39, 0.29) is 0 Å². The Morgan fingerprint density at radius 1 is 1.23 bits per heavy atom. The maximum atomic E-state index is 5.75. The Balaban J connectivity index is 1.63. The highest BCUT2D eigenvalue weighted by atomic mass is 16.6. The molecule has 3 heteroatoms. The molecule has 0 radical (unpaired) electrons. The van der Waals surface area contributed by atoms with E-state index in [1.165, 1.54) is 19.3 Å². The van der Waals surface area contributed by atoms with Crippen LogP contribution in [0, 0.1) is 0 Å². The number of hydrogen-bond donors (Lipinski definition) is 0. The lowest BCUT2D eigenvalue weighted by molar-refractivity contribution is -0.0570. The Labute approximate surface area is 79.0 Å². The van der Waals surface area contributed by atoms with Gasteiger partial charge in [-0.25, -0.2) is 0 Å². The minimum Gasteiger partial charge on any atom is -0.375 e. The number of rotatable bonds is 2. The van der Waals surface area contributed by atoms with Crippen molar-refractivity contribution < 1.29 is 9.47 Å². The van der Waals surface area contributed by atoms with Crippen molar-refractivity contribution in [1.29, 1.82) is 0 Å². The van der Waals surface area contributed by atoms with Gasteiger partial charge in [0.25, 0.3) is 0 Å². The van der Waals surface area contributed by atoms with E-state index >= 15 is 0 Å². The van der Waals surface area contributed by atoms with Crippen LogP contribution < -0.4 is 0 Å². The predicted molar refractivity (Wildman–Crippen MR) is 48.7 cm³/mol. The minimum absolute atomic E-state index is 0.535. The van der Waals surface area contributed by atoms with E-state index in [4.69, 9.17) is 9.47 Å². The molecule has 3 aliphatic rings. The summed E-state index contributed by atoms with van der Waals surface area (Å²) in [4.78, 5) is 2.58. The van der Waals surface area contributed by atoms with Crippen LogP contribution in [-0.2, 0) is 9.47 Å². The maximum absolute atomic E-state index is 5.75. The van der Waals surface area contributed by atoms with Crippen LogP contribution in [0.2, 0.25) is 0 Å². The van der Waals surface area contributed by atoms with Crippen LogP contribution in [0.4, 0.5) is 0 Å². The molecule has 3 atom stereocenters. The molecule has 0 spiro atoms. The van der Waals surface area contributed by atoms with Crippen molar-refractivity contribution in [2.45, 2.75) is 37.5 Å². The second kappa shape index (κ2) is 3.23. The molecular formula is C10H17NO2. The molecule has 0 aromatic carbocycles. The Morgan fingerprint density at radius 3 is 3.00 bits per heavy atom. The zero-order chi connectivity index (χ0) is 8.67. The van der Waals surface area contributed by atoms with Crippen LogP contribution in [0.3, 0.4) is 0 Å². The normalized spacial score (nSPS) is 44.8. The van der Waals surface area contributed by atoms with Crippen LogP contribution in [0.15, 0.2) is 0 Å². The van der Waals surface area contributed by atoms with E-state index in [1.807, 2.05) is 0 Å². The van der Waals surface area contributed by atoms with Gasteiger partial charge in [-0.05, 0) is 19.3 Å². The van der Waals surface area contributed by atoms with Crippen molar-refractivity contribution in [3.05, 3.63) is 0 Å². The molecule has 0 amide bonds. The van der Waals surface area contributed by atoms with E-state index < -0.39 is 0 Å². The smallest absolute Gasteiger partial charge is 0.0936 e. The number of hydrogen-bond acceptors (Lipinski definition) is 3. The third-order valence-electron chi connectivity index (χ3n) is 3.44. The lowest BCUT2D eigenvalue weighted by Gasteiger charge is -2.37. The molecule has 3 fully saturated rings. The molecule has 0 aromatic rings. The van der Waals surface area contributed by atoms with Gasteiger partial charge in [0, 0.05) is 19.1 Å². The van der Waals surface area contributed by atoms with Crippen LogP contribution in [0.1, 0.15) is 19.3 Å². The van der Waals surface area contributed by atoms with Crippen molar-refractivity contribution in [2.24, 2.45) is 0 Å². The third kappa shape index (κ3) is 1.60. The molecular weight excluding hydrogens is 166 g/mol. The molecule has 3 rings (SSSR count). The van der Waals surface area contributed by atoms with Gasteiger partial charge in [-0.15, -0.1) is 0 Å². The Hall–Kier alpha value is -0.120. The standard InChI is InChI=1S/C10H17NO2/c1-2-9-10(3-1)12-5-4-11(9)6-8-7-13-8/h8-10H,1-7H2. The molecule has 74 valence electrons. The first-order valence-electron chi connectivity index (χ1n) is 5.41. The summed E-state index contributed by atoms with van der Waals surface area (Å²) in [5, 5.41) is 0. The first-order valence-corrected chi connectivity index (χ1v) is 5.41. The molecule has 1 saturated carbocycles. The van der Waals surface area contributed by atoms with E-state index in [0.29, 0.717) is 18.2 Å². The van der Waals surface area contributed by atoms with Crippen molar-refractivity contribution in [1.82, 2.24) is 4.90 Å². The van der Waals surface area contributed by atoms with E-state index in [2.05, 4.69) is 4.90 Å². The largest absolute Gasteiger partial charge is 0.375 e. The fourth-order valence-corrected chi connectivity index (χ4v) is 2.67. The summed E-state index contributed by atoms with van der Waals surface area (Å²) in [5.41, 5.74) is 0. The lowest BCUT2D eigenvalue weighted by atomic mass is 10.1. The summed E-state index contributed by atoms with van der Waals surface area (Å²) < 4.78 is 11.0. The van der Waals surface area contributed by atoms with Crippen molar-refractivity contribution in [3.63, 3.8) is 0 Å².